The molecule has 0 atom stereocenters. The summed E-state index contributed by atoms with van der Waals surface area (Å²) in [6, 6.07) is 50.1. The van der Waals surface area contributed by atoms with E-state index in [-0.39, 0.29) is 0 Å². The van der Waals surface area contributed by atoms with E-state index in [2.05, 4.69) is 160 Å². The van der Waals surface area contributed by atoms with Crippen LogP contribution >= 0.6 is 0 Å². The largest absolute Gasteiger partial charge is 0.309 e. The van der Waals surface area contributed by atoms with Crippen LogP contribution in [0, 0.1) is 0 Å². The van der Waals surface area contributed by atoms with Crippen molar-refractivity contribution in [1.82, 2.24) is 14.1 Å². The summed E-state index contributed by atoms with van der Waals surface area (Å²) in [6.07, 6.45) is 0.847. The number of nitrogens with zero attached hydrogens (tertiary/aromatic N) is 4. The first-order valence-corrected chi connectivity index (χ1v) is 14.9. The second-order valence-corrected chi connectivity index (χ2v) is 11.1. The lowest BCUT2D eigenvalue weighted by Gasteiger charge is -2.33. The van der Waals surface area contributed by atoms with Gasteiger partial charge in [-0.15, -0.1) is 0 Å². The molecule has 43 heavy (non-hydrogen) atoms. The number of benzene rings is 6. The van der Waals surface area contributed by atoms with E-state index in [9.17, 15) is 0 Å². The van der Waals surface area contributed by atoms with Gasteiger partial charge in [0.1, 0.15) is 5.82 Å². The molecule has 0 fully saturated rings. The van der Waals surface area contributed by atoms with Crippen molar-refractivity contribution >= 4 is 49.9 Å². The van der Waals surface area contributed by atoms with Crippen molar-refractivity contribution in [3.63, 3.8) is 0 Å². The minimum absolute atomic E-state index is 0.847. The highest BCUT2D eigenvalue weighted by Crippen LogP contribution is 2.48. The van der Waals surface area contributed by atoms with Crippen LogP contribution in [0.25, 0.3) is 55.3 Å². The third kappa shape index (κ3) is 3.41. The third-order valence-corrected chi connectivity index (χ3v) is 8.80. The minimum Gasteiger partial charge on any atom is -0.309 e. The first-order chi connectivity index (χ1) is 21.3. The first-order valence-electron chi connectivity index (χ1n) is 14.9. The molecule has 9 rings (SSSR count). The van der Waals surface area contributed by atoms with Crippen molar-refractivity contribution in [2.75, 3.05) is 4.90 Å². The average molecular weight is 553 g/mol. The van der Waals surface area contributed by atoms with Gasteiger partial charge < -0.3 is 9.47 Å². The molecular weight excluding hydrogens is 524 g/mol. The van der Waals surface area contributed by atoms with Gasteiger partial charge in [0.2, 0.25) is 0 Å². The van der Waals surface area contributed by atoms with E-state index >= 15 is 0 Å². The molecular formula is C39H28N4. The summed E-state index contributed by atoms with van der Waals surface area (Å²) in [7, 11) is 0. The summed E-state index contributed by atoms with van der Waals surface area (Å²) in [5, 5.41) is 2.55. The van der Waals surface area contributed by atoms with Gasteiger partial charge in [-0.3, -0.25) is 4.57 Å². The number of fused-ring (bicyclic) bond motifs is 5. The Hall–Kier alpha value is -5.61. The van der Waals surface area contributed by atoms with Gasteiger partial charge in [-0.05, 0) is 66.2 Å². The summed E-state index contributed by atoms with van der Waals surface area (Å²) in [5.74, 6) is 1.07. The highest BCUT2D eigenvalue weighted by molar-refractivity contribution is 6.09. The number of imidazole rings is 1. The summed E-state index contributed by atoms with van der Waals surface area (Å²) < 4.78 is 4.74. The number of hydrogen-bond acceptors (Lipinski definition) is 2. The molecule has 4 heteroatoms. The monoisotopic (exact) mass is 552 g/mol. The van der Waals surface area contributed by atoms with Crippen molar-refractivity contribution in [2.24, 2.45) is 0 Å². The van der Waals surface area contributed by atoms with Gasteiger partial charge in [0.25, 0.3) is 0 Å². The van der Waals surface area contributed by atoms with Gasteiger partial charge in [0, 0.05) is 34.1 Å². The van der Waals surface area contributed by atoms with Gasteiger partial charge in [-0.2, -0.15) is 0 Å². The van der Waals surface area contributed by atoms with Crippen molar-refractivity contribution in [3.05, 3.63) is 145 Å². The van der Waals surface area contributed by atoms with Crippen LogP contribution < -0.4 is 4.90 Å². The highest BCUT2D eigenvalue weighted by Gasteiger charge is 2.29. The predicted molar refractivity (Wildman–Crippen MR) is 178 cm³/mol. The van der Waals surface area contributed by atoms with Gasteiger partial charge in [-0.1, -0.05) is 85.8 Å². The number of aromatic nitrogens is 3. The van der Waals surface area contributed by atoms with Crippen LogP contribution in [-0.4, -0.2) is 14.1 Å². The van der Waals surface area contributed by atoms with Gasteiger partial charge >= 0.3 is 0 Å². The Bertz CT molecular complexity index is 2270. The summed E-state index contributed by atoms with van der Waals surface area (Å²) >= 11 is 0. The van der Waals surface area contributed by atoms with Crippen molar-refractivity contribution in [3.8, 4) is 22.5 Å². The molecule has 0 spiro atoms. The molecule has 0 radical (unpaired) electrons. The van der Waals surface area contributed by atoms with E-state index < -0.39 is 0 Å². The molecule has 0 N–H and O–H groups in total. The number of aryl methyl sites for hydroxylation is 1. The highest BCUT2D eigenvalue weighted by atomic mass is 15.2. The van der Waals surface area contributed by atoms with Crippen LogP contribution in [-0.2, 0) is 6.42 Å². The zero-order valence-electron chi connectivity index (χ0n) is 23.8. The van der Waals surface area contributed by atoms with E-state index in [1.165, 1.54) is 27.5 Å². The van der Waals surface area contributed by atoms with Crippen LogP contribution in [0.4, 0.5) is 17.1 Å². The number of para-hydroxylation sites is 5. The quantitative estimate of drug-likeness (QED) is 0.217. The fraction of sp³-hybridized carbons (Fsp3) is 0.0513. The topological polar surface area (TPSA) is 26.0 Å². The van der Waals surface area contributed by atoms with Crippen LogP contribution in [0.3, 0.4) is 0 Å². The normalized spacial score (nSPS) is 12.3. The lowest BCUT2D eigenvalue weighted by atomic mass is 10.0. The van der Waals surface area contributed by atoms with E-state index in [1.807, 2.05) is 0 Å². The van der Waals surface area contributed by atoms with Crippen molar-refractivity contribution in [2.45, 2.75) is 13.3 Å². The second kappa shape index (κ2) is 9.20. The molecule has 0 saturated heterocycles. The Morgan fingerprint density at radius 3 is 1.84 bits per heavy atom. The van der Waals surface area contributed by atoms with Crippen molar-refractivity contribution in [1.29, 1.82) is 0 Å². The summed E-state index contributed by atoms with van der Waals surface area (Å²) in [5.41, 5.74) is 12.7. The molecule has 2 aromatic heterocycles. The lowest BCUT2D eigenvalue weighted by molar-refractivity contribution is 0.900. The van der Waals surface area contributed by atoms with E-state index in [0.29, 0.717) is 0 Å². The number of rotatable bonds is 4. The number of hydrogen-bond donors (Lipinski definition) is 0. The molecule has 1 aliphatic rings. The molecule has 8 aromatic rings. The summed E-state index contributed by atoms with van der Waals surface area (Å²) in [4.78, 5) is 7.66. The Labute approximate surface area is 249 Å². The number of anilines is 3. The van der Waals surface area contributed by atoms with Crippen LogP contribution in [0.1, 0.15) is 12.7 Å². The van der Waals surface area contributed by atoms with Crippen molar-refractivity contribution < 1.29 is 0 Å². The first kappa shape index (κ1) is 24.0. The fourth-order valence-corrected chi connectivity index (χ4v) is 6.94. The molecule has 3 heterocycles. The maximum absolute atomic E-state index is 5.29. The zero-order valence-corrected chi connectivity index (χ0v) is 23.8. The standard InChI is InChI=1S/C39H28N4/c1-2-37-40-38-29(24-25-36-39(38)43(37)35-19-11-10-18-34(35)42(36)27-12-4-3-5-13-27)26-20-22-28(23-21-26)41-32-16-8-6-14-30(32)31-15-7-9-17-33(31)41/h3-25H,2H2,1H3. The van der Waals surface area contributed by atoms with Gasteiger partial charge in [-0.25, -0.2) is 4.98 Å². The Balaban J connectivity index is 1.24. The van der Waals surface area contributed by atoms with Crippen LogP contribution in [0.15, 0.2) is 140 Å². The Kier molecular flexibility index (Phi) is 5.14. The SMILES string of the molecule is CCc1nc2c(-c3ccc(-n4c5ccccc5c5ccccc54)cc3)ccc3c2n1-c1ccccc1N3c1ccccc1. The predicted octanol–water partition coefficient (Wildman–Crippen LogP) is 10.1. The third-order valence-electron chi connectivity index (χ3n) is 8.80. The molecule has 1 aliphatic heterocycles. The van der Waals surface area contributed by atoms with Gasteiger partial charge in [0.15, 0.2) is 0 Å². The Morgan fingerprint density at radius 2 is 1.14 bits per heavy atom. The second-order valence-electron chi connectivity index (χ2n) is 11.1. The summed E-state index contributed by atoms with van der Waals surface area (Å²) in [6.45, 7) is 2.19. The smallest absolute Gasteiger partial charge is 0.114 e. The van der Waals surface area contributed by atoms with E-state index in [0.717, 1.165) is 57.2 Å². The van der Waals surface area contributed by atoms with E-state index in [4.69, 9.17) is 4.98 Å². The molecule has 0 saturated carbocycles. The van der Waals surface area contributed by atoms with Gasteiger partial charge in [0.05, 0.1) is 39.1 Å². The fourth-order valence-electron chi connectivity index (χ4n) is 6.94. The zero-order chi connectivity index (χ0) is 28.5. The lowest BCUT2D eigenvalue weighted by Crippen LogP contribution is -2.19. The minimum atomic E-state index is 0.847. The molecule has 4 nitrogen and oxygen atoms in total. The Morgan fingerprint density at radius 1 is 0.512 bits per heavy atom. The average Bonchev–Trinajstić information content (AvgIpc) is 3.63. The van der Waals surface area contributed by atoms with Crippen LogP contribution in [0.2, 0.25) is 0 Å². The van der Waals surface area contributed by atoms with E-state index in [1.54, 1.807) is 0 Å². The molecule has 0 aliphatic carbocycles. The van der Waals surface area contributed by atoms with Crippen LogP contribution in [0.5, 0.6) is 0 Å². The maximum atomic E-state index is 5.29. The molecule has 0 amide bonds. The maximum Gasteiger partial charge on any atom is 0.114 e. The molecule has 0 bridgehead atoms. The molecule has 6 aromatic carbocycles. The molecule has 0 unspecified atom stereocenters. The molecule has 204 valence electrons.